The summed E-state index contributed by atoms with van der Waals surface area (Å²) in [7, 11) is 0. The van der Waals surface area contributed by atoms with Crippen LogP contribution in [0.5, 0.6) is 0 Å². The van der Waals surface area contributed by atoms with E-state index in [1.54, 1.807) is 18.2 Å². The molecule has 0 atom stereocenters. The number of alkyl halides is 3. The number of anilines is 3. The van der Waals surface area contributed by atoms with Crippen molar-refractivity contribution in [1.29, 1.82) is 0 Å². The number of hydrazine groups is 1. The first-order chi connectivity index (χ1) is 19.5. The van der Waals surface area contributed by atoms with Gasteiger partial charge in [-0.05, 0) is 62.7 Å². The molecule has 2 aromatic carbocycles. The number of aromatic nitrogens is 2. The average Bonchev–Trinajstić information content (AvgIpc) is 2.95. The fraction of sp³-hybridized carbons (Fsp3) is 0.321. The Bertz CT molecular complexity index is 1400. The Morgan fingerprint density at radius 2 is 1.83 bits per heavy atom. The van der Waals surface area contributed by atoms with E-state index in [9.17, 15) is 18.0 Å². The SMILES string of the molecule is Cc1ccc(NC(=O)c2cc(NCCN3CCCCC3)c(Cl)c(C(F)(F)F)c2)cc1N(N)/C=C(\N)c1cncnc1. The number of rotatable bonds is 9. The van der Waals surface area contributed by atoms with Crippen molar-refractivity contribution in [2.24, 2.45) is 11.6 Å². The summed E-state index contributed by atoms with van der Waals surface area (Å²) >= 11 is 6.14. The first kappa shape index (κ1) is 30.1. The van der Waals surface area contributed by atoms with Crippen molar-refractivity contribution in [1.82, 2.24) is 14.9 Å². The predicted molar refractivity (Wildman–Crippen MR) is 155 cm³/mol. The van der Waals surface area contributed by atoms with Crippen LogP contribution in [-0.4, -0.2) is 47.0 Å². The van der Waals surface area contributed by atoms with Crippen LogP contribution in [0.2, 0.25) is 5.02 Å². The zero-order valence-corrected chi connectivity index (χ0v) is 23.3. The number of likely N-dealkylation sites (tertiary alicyclic amines) is 1. The van der Waals surface area contributed by atoms with Crippen molar-refractivity contribution in [3.8, 4) is 0 Å². The van der Waals surface area contributed by atoms with E-state index >= 15 is 0 Å². The molecule has 0 radical (unpaired) electrons. The van der Waals surface area contributed by atoms with Gasteiger partial charge in [-0.1, -0.05) is 24.1 Å². The summed E-state index contributed by atoms with van der Waals surface area (Å²) in [5.74, 6) is 5.49. The Kier molecular flexibility index (Phi) is 9.69. The molecule has 4 rings (SSSR count). The lowest BCUT2D eigenvalue weighted by molar-refractivity contribution is -0.137. The topological polar surface area (TPSA) is 125 Å². The zero-order chi connectivity index (χ0) is 29.6. The van der Waals surface area contributed by atoms with Crippen LogP contribution >= 0.6 is 11.6 Å². The second-order valence-electron chi connectivity index (χ2n) is 9.79. The molecule has 1 aliphatic rings. The number of hydrogen-bond acceptors (Lipinski definition) is 8. The molecule has 0 spiro atoms. The molecule has 1 aromatic heterocycles. The fourth-order valence-corrected chi connectivity index (χ4v) is 4.82. The monoisotopic (exact) mass is 588 g/mol. The Morgan fingerprint density at radius 3 is 2.51 bits per heavy atom. The van der Waals surface area contributed by atoms with Crippen LogP contribution in [0, 0.1) is 6.92 Å². The lowest BCUT2D eigenvalue weighted by Crippen LogP contribution is -2.33. The molecule has 1 amide bonds. The van der Waals surface area contributed by atoms with Crippen molar-refractivity contribution in [2.45, 2.75) is 32.4 Å². The number of nitrogens with zero attached hydrogens (tertiary/aromatic N) is 4. The highest BCUT2D eigenvalue weighted by Crippen LogP contribution is 2.39. The third-order valence-electron chi connectivity index (χ3n) is 6.75. The number of benzene rings is 2. The van der Waals surface area contributed by atoms with E-state index < -0.39 is 22.7 Å². The highest BCUT2D eigenvalue weighted by Gasteiger charge is 2.35. The molecular weight excluding hydrogens is 557 g/mol. The van der Waals surface area contributed by atoms with Crippen LogP contribution in [0.4, 0.5) is 30.2 Å². The lowest BCUT2D eigenvalue weighted by Gasteiger charge is -2.26. The first-order valence-electron chi connectivity index (χ1n) is 13.1. The standard InChI is InChI=1S/C28H32ClF3N8O/c1-18-5-6-21(13-25(18)40(34)16-23(33)20-14-35-17-36-15-20)38-27(41)19-11-22(28(30,31)32)26(29)24(12-19)37-7-10-39-8-3-2-4-9-39/h5-6,11-17,37H,2-4,7-10,33-34H2,1H3,(H,38,41)/b23-16-. The largest absolute Gasteiger partial charge is 0.417 e. The van der Waals surface area contributed by atoms with Crippen LogP contribution in [0.25, 0.3) is 5.70 Å². The summed E-state index contributed by atoms with van der Waals surface area (Å²) in [6.45, 7) is 4.77. The number of carbonyl (C=O) groups is 1. The molecule has 1 saturated heterocycles. The van der Waals surface area contributed by atoms with Crippen LogP contribution in [0.3, 0.4) is 0 Å². The van der Waals surface area contributed by atoms with Gasteiger partial charge in [-0.3, -0.25) is 9.80 Å². The lowest BCUT2D eigenvalue weighted by atomic mass is 10.1. The van der Waals surface area contributed by atoms with Crippen molar-refractivity contribution >= 4 is 40.3 Å². The summed E-state index contributed by atoms with van der Waals surface area (Å²) in [5.41, 5.74) is 7.35. The summed E-state index contributed by atoms with van der Waals surface area (Å²) in [5, 5.41) is 6.46. The van der Waals surface area contributed by atoms with E-state index in [0.29, 0.717) is 35.7 Å². The molecule has 13 heteroatoms. The van der Waals surface area contributed by atoms with Crippen LogP contribution < -0.4 is 27.2 Å². The minimum Gasteiger partial charge on any atom is -0.397 e. The third-order valence-corrected chi connectivity index (χ3v) is 7.16. The number of amides is 1. The summed E-state index contributed by atoms with van der Waals surface area (Å²) < 4.78 is 41.5. The Balaban J connectivity index is 1.54. The highest BCUT2D eigenvalue weighted by atomic mass is 35.5. The summed E-state index contributed by atoms with van der Waals surface area (Å²) in [6.07, 6.45) is 4.56. The fourth-order valence-electron chi connectivity index (χ4n) is 4.53. The maximum absolute atomic E-state index is 13.8. The number of carbonyl (C=O) groups excluding carboxylic acids is 1. The van der Waals surface area contributed by atoms with Crippen molar-refractivity contribution in [3.05, 3.63) is 82.5 Å². The zero-order valence-electron chi connectivity index (χ0n) is 22.5. The van der Waals surface area contributed by atoms with Gasteiger partial charge in [-0.25, -0.2) is 15.8 Å². The first-order valence-corrected chi connectivity index (χ1v) is 13.5. The summed E-state index contributed by atoms with van der Waals surface area (Å²) in [4.78, 5) is 23.3. The van der Waals surface area contributed by atoms with E-state index in [1.165, 1.54) is 42.4 Å². The molecule has 0 aliphatic carbocycles. The van der Waals surface area contributed by atoms with Gasteiger partial charge in [0.25, 0.3) is 5.91 Å². The van der Waals surface area contributed by atoms with Crippen molar-refractivity contribution in [3.63, 3.8) is 0 Å². The smallest absolute Gasteiger partial charge is 0.397 e. The summed E-state index contributed by atoms with van der Waals surface area (Å²) in [6, 6.07) is 7.02. The second-order valence-corrected chi connectivity index (χ2v) is 10.2. The van der Waals surface area contributed by atoms with Gasteiger partial charge in [-0.2, -0.15) is 13.2 Å². The van der Waals surface area contributed by atoms with Gasteiger partial charge in [0.1, 0.15) is 6.33 Å². The van der Waals surface area contributed by atoms with Gasteiger partial charge < -0.3 is 21.3 Å². The number of nitrogens with one attached hydrogen (secondary N) is 2. The molecule has 218 valence electrons. The van der Waals surface area contributed by atoms with E-state index in [4.69, 9.17) is 23.2 Å². The molecule has 1 aliphatic heterocycles. The second kappa shape index (κ2) is 13.2. The quantitative estimate of drug-likeness (QED) is 0.197. The van der Waals surface area contributed by atoms with Gasteiger partial charge in [-0.15, -0.1) is 0 Å². The molecule has 1 fully saturated rings. The van der Waals surface area contributed by atoms with Crippen LogP contribution in [-0.2, 0) is 6.18 Å². The Morgan fingerprint density at radius 1 is 1.12 bits per heavy atom. The van der Waals surface area contributed by atoms with Crippen LogP contribution in [0.15, 0.2) is 55.3 Å². The molecule has 0 saturated carbocycles. The minimum absolute atomic E-state index is 0.0480. The Hall–Kier alpha value is -3.87. The minimum atomic E-state index is -4.75. The van der Waals surface area contributed by atoms with E-state index in [-0.39, 0.29) is 11.3 Å². The number of nitrogens with two attached hydrogens (primary N) is 2. The van der Waals surface area contributed by atoms with Gasteiger partial charge in [0.2, 0.25) is 0 Å². The van der Waals surface area contributed by atoms with E-state index in [2.05, 4.69) is 25.5 Å². The molecule has 41 heavy (non-hydrogen) atoms. The van der Waals surface area contributed by atoms with Crippen molar-refractivity contribution in [2.75, 3.05) is 41.8 Å². The molecule has 2 heterocycles. The molecule has 0 bridgehead atoms. The Labute approximate surface area is 241 Å². The molecule has 0 unspecified atom stereocenters. The highest BCUT2D eigenvalue weighted by molar-refractivity contribution is 6.34. The predicted octanol–water partition coefficient (Wildman–Crippen LogP) is 5.24. The third kappa shape index (κ3) is 7.87. The van der Waals surface area contributed by atoms with Gasteiger partial charge in [0, 0.05) is 48.5 Å². The average molecular weight is 589 g/mol. The van der Waals surface area contributed by atoms with E-state index in [0.717, 1.165) is 37.6 Å². The van der Waals surface area contributed by atoms with Gasteiger partial charge in [0.15, 0.2) is 0 Å². The molecule has 6 N–H and O–H groups in total. The van der Waals surface area contributed by atoms with Crippen molar-refractivity contribution < 1.29 is 18.0 Å². The van der Waals surface area contributed by atoms with Crippen LogP contribution in [0.1, 0.15) is 46.3 Å². The normalized spacial score (nSPS) is 14.5. The van der Waals surface area contributed by atoms with Gasteiger partial charge in [0.05, 0.1) is 27.7 Å². The molecule has 9 nitrogen and oxygen atoms in total. The van der Waals surface area contributed by atoms with E-state index in [1.807, 2.05) is 6.92 Å². The number of piperidine rings is 1. The molecule has 3 aromatic rings. The van der Waals surface area contributed by atoms with Gasteiger partial charge >= 0.3 is 6.18 Å². The number of aryl methyl sites for hydroxylation is 1. The maximum Gasteiger partial charge on any atom is 0.417 e. The molecular formula is C28H32ClF3N8O. The maximum atomic E-state index is 13.8. The number of hydrogen-bond donors (Lipinski definition) is 4. The number of halogens is 4.